The van der Waals surface area contributed by atoms with Gasteiger partial charge in [-0.3, -0.25) is 4.79 Å². The first-order chi connectivity index (χ1) is 8.81. The molecule has 2 N–H and O–H groups in total. The Morgan fingerprint density at radius 1 is 1.22 bits per heavy atom. The maximum absolute atomic E-state index is 11.9. The molecule has 0 radical (unpaired) electrons. The highest BCUT2D eigenvalue weighted by Gasteiger charge is 2.14. The lowest BCUT2D eigenvalue weighted by atomic mass is 10.2. The molecule has 0 saturated heterocycles. The van der Waals surface area contributed by atoms with Gasteiger partial charge >= 0.3 is 0 Å². The number of benzene rings is 1. The Morgan fingerprint density at radius 2 is 2.00 bits per heavy atom. The summed E-state index contributed by atoms with van der Waals surface area (Å²) in [5, 5.41) is 5.90. The molecular formula is C13H18N2O3. The van der Waals surface area contributed by atoms with E-state index in [0.717, 1.165) is 13.0 Å². The standard InChI is InChI=1S/C13H18N2O3/c1-14-5-2-6-15-13(16)10-3-4-11-12(9-10)18-8-7-17-11/h3-4,9,14H,2,5-8H2,1H3,(H,15,16). The molecule has 0 aromatic heterocycles. The van der Waals surface area contributed by atoms with Gasteiger partial charge in [0.25, 0.3) is 5.91 Å². The molecule has 18 heavy (non-hydrogen) atoms. The summed E-state index contributed by atoms with van der Waals surface area (Å²) < 4.78 is 10.8. The topological polar surface area (TPSA) is 59.6 Å². The molecule has 1 aliphatic rings. The first kappa shape index (κ1) is 12.7. The third kappa shape index (κ3) is 3.13. The Bertz CT molecular complexity index is 421. The average molecular weight is 250 g/mol. The minimum Gasteiger partial charge on any atom is -0.486 e. The van der Waals surface area contributed by atoms with Gasteiger partial charge < -0.3 is 20.1 Å². The van der Waals surface area contributed by atoms with Crippen molar-refractivity contribution in [1.29, 1.82) is 0 Å². The minimum atomic E-state index is -0.0805. The molecule has 98 valence electrons. The lowest BCUT2D eigenvalue weighted by Crippen LogP contribution is -2.26. The van der Waals surface area contributed by atoms with E-state index in [1.165, 1.54) is 0 Å². The van der Waals surface area contributed by atoms with Crippen molar-refractivity contribution in [2.24, 2.45) is 0 Å². The monoisotopic (exact) mass is 250 g/mol. The van der Waals surface area contributed by atoms with Gasteiger partial charge in [-0.05, 0) is 38.2 Å². The fourth-order valence-electron chi connectivity index (χ4n) is 1.75. The number of rotatable bonds is 5. The molecule has 0 atom stereocenters. The largest absolute Gasteiger partial charge is 0.486 e. The van der Waals surface area contributed by atoms with Gasteiger partial charge in [-0.2, -0.15) is 0 Å². The molecule has 0 spiro atoms. The van der Waals surface area contributed by atoms with Gasteiger partial charge in [0.2, 0.25) is 0 Å². The minimum absolute atomic E-state index is 0.0805. The number of fused-ring (bicyclic) bond motifs is 1. The number of ether oxygens (including phenoxy) is 2. The molecule has 1 amide bonds. The summed E-state index contributed by atoms with van der Waals surface area (Å²) in [5.74, 6) is 1.26. The van der Waals surface area contributed by atoms with Crippen molar-refractivity contribution in [3.8, 4) is 11.5 Å². The Labute approximate surface area is 106 Å². The molecule has 5 heteroatoms. The van der Waals surface area contributed by atoms with E-state index in [4.69, 9.17) is 9.47 Å². The van der Waals surface area contributed by atoms with Crippen LogP contribution in [0.5, 0.6) is 11.5 Å². The van der Waals surface area contributed by atoms with Crippen LogP contribution in [0.2, 0.25) is 0 Å². The molecule has 0 aliphatic carbocycles. The fourth-order valence-corrected chi connectivity index (χ4v) is 1.75. The molecule has 0 unspecified atom stereocenters. The summed E-state index contributed by atoms with van der Waals surface area (Å²) in [6.07, 6.45) is 0.910. The van der Waals surface area contributed by atoms with Crippen molar-refractivity contribution in [2.75, 3.05) is 33.4 Å². The zero-order valence-corrected chi connectivity index (χ0v) is 10.5. The molecule has 1 heterocycles. The van der Waals surface area contributed by atoms with E-state index in [1.807, 2.05) is 7.05 Å². The van der Waals surface area contributed by atoms with Gasteiger partial charge in [0.05, 0.1) is 0 Å². The number of carbonyl (C=O) groups is 1. The predicted octanol–water partition coefficient (Wildman–Crippen LogP) is 0.797. The van der Waals surface area contributed by atoms with Crippen molar-refractivity contribution in [3.63, 3.8) is 0 Å². The number of hydrogen-bond acceptors (Lipinski definition) is 4. The lowest BCUT2D eigenvalue weighted by Gasteiger charge is -2.18. The van der Waals surface area contributed by atoms with Crippen LogP contribution in [0.25, 0.3) is 0 Å². The summed E-state index contributed by atoms with van der Waals surface area (Å²) in [7, 11) is 1.89. The Kier molecular flexibility index (Phi) is 4.41. The lowest BCUT2D eigenvalue weighted by molar-refractivity contribution is 0.0952. The Hall–Kier alpha value is -1.75. The first-order valence-corrected chi connectivity index (χ1v) is 6.13. The van der Waals surface area contributed by atoms with Gasteiger partial charge in [0, 0.05) is 12.1 Å². The van der Waals surface area contributed by atoms with Gasteiger partial charge in [0.15, 0.2) is 11.5 Å². The van der Waals surface area contributed by atoms with Crippen molar-refractivity contribution in [2.45, 2.75) is 6.42 Å². The summed E-state index contributed by atoms with van der Waals surface area (Å²) in [4.78, 5) is 11.9. The van der Waals surface area contributed by atoms with Crippen LogP contribution in [0.3, 0.4) is 0 Å². The van der Waals surface area contributed by atoms with Crippen LogP contribution in [0.4, 0.5) is 0 Å². The normalized spacial score (nSPS) is 13.2. The van der Waals surface area contributed by atoms with Crippen molar-refractivity contribution < 1.29 is 14.3 Å². The van der Waals surface area contributed by atoms with Crippen LogP contribution in [-0.4, -0.2) is 39.3 Å². The Morgan fingerprint density at radius 3 is 2.78 bits per heavy atom. The SMILES string of the molecule is CNCCCNC(=O)c1ccc2c(c1)OCCO2. The summed E-state index contributed by atoms with van der Waals surface area (Å²) >= 11 is 0. The van der Waals surface area contributed by atoms with E-state index in [2.05, 4.69) is 10.6 Å². The van der Waals surface area contributed by atoms with E-state index < -0.39 is 0 Å². The quantitative estimate of drug-likeness (QED) is 0.759. The number of nitrogens with one attached hydrogen (secondary N) is 2. The maximum Gasteiger partial charge on any atom is 0.251 e. The highest BCUT2D eigenvalue weighted by Crippen LogP contribution is 2.30. The summed E-state index contributed by atoms with van der Waals surface area (Å²) in [5.41, 5.74) is 0.601. The third-order valence-electron chi connectivity index (χ3n) is 2.69. The number of carbonyl (C=O) groups excluding carboxylic acids is 1. The average Bonchev–Trinajstić information content (AvgIpc) is 2.43. The fraction of sp³-hybridized carbons (Fsp3) is 0.462. The highest BCUT2D eigenvalue weighted by atomic mass is 16.6. The van der Waals surface area contributed by atoms with Crippen molar-refractivity contribution in [1.82, 2.24) is 10.6 Å². The smallest absolute Gasteiger partial charge is 0.251 e. The van der Waals surface area contributed by atoms with E-state index in [1.54, 1.807) is 18.2 Å². The van der Waals surface area contributed by atoms with E-state index in [0.29, 0.717) is 36.8 Å². The number of hydrogen-bond donors (Lipinski definition) is 2. The molecule has 1 aliphatic heterocycles. The Balaban J connectivity index is 1.94. The van der Waals surface area contributed by atoms with Gasteiger partial charge in [-0.15, -0.1) is 0 Å². The molecule has 1 aromatic rings. The zero-order valence-electron chi connectivity index (χ0n) is 10.5. The molecular weight excluding hydrogens is 232 g/mol. The number of amides is 1. The molecule has 0 saturated carbocycles. The van der Waals surface area contributed by atoms with Crippen molar-refractivity contribution in [3.05, 3.63) is 23.8 Å². The van der Waals surface area contributed by atoms with Gasteiger partial charge in [-0.25, -0.2) is 0 Å². The summed E-state index contributed by atoms with van der Waals surface area (Å²) in [6.45, 7) is 2.64. The van der Waals surface area contributed by atoms with Gasteiger partial charge in [-0.1, -0.05) is 0 Å². The highest BCUT2D eigenvalue weighted by molar-refractivity contribution is 5.94. The van der Waals surface area contributed by atoms with E-state index in [-0.39, 0.29) is 5.91 Å². The summed E-state index contributed by atoms with van der Waals surface area (Å²) in [6, 6.07) is 5.25. The van der Waals surface area contributed by atoms with Crippen LogP contribution in [0, 0.1) is 0 Å². The predicted molar refractivity (Wildman–Crippen MR) is 68.3 cm³/mol. The van der Waals surface area contributed by atoms with E-state index >= 15 is 0 Å². The third-order valence-corrected chi connectivity index (χ3v) is 2.69. The molecule has 0 fully saturated rings. The maximum atomic E-state index is 11.9. The van der Waals surface area contributed by atoms with Gasteiger partial charge in [0.1, 0.15) is 13.2 Å². The molecule has 5 nitrogen and oxygen atoms in total. The second-order valence-corrected chi connectivity index (χ2v) is 4.07. The first-order valence-electron chi connectivity index (χ1n) is 6.13. The van der Waals surface area contributed by atoms with Crippen LogP contribution in [0.1, 0.15) is 16.8 Å². The molecule has 0 bridgehead atoms. The molecule has 1 aromatic carbocycles. The van der Waals surface area contributed by atoms with E-state index in [9.17, 15) is 4.79 Å². The van der Waals surface area contributed by atoms with Crippen LogP contribution < -0.4 is 20.1 Å². The van der Waals surface area contributed by atoms with Crippen LogP contribution >= 0.6 is 0 Å². The van der Waals surface area contributed by atoms with Crippen molar-refractivity contribution >= 4 is 5.91 Å². The second kappa shape index (κ2) is 6.26. The zero-order chi connectivity index (χ0) is 12.8. The van der Waals surface area contributed by atoms with Crippen LogP contribution in [0.15, 0.2) is 18.2 Å². The molecule has 2 rings (SSSR count). The van der Waals surface area contributed by atoms with Crippen LogP contribution in [-0.2, 0) is 0 Å². The second-order valence-electron chi connectivity index (χ2n) is 4.07.